The molecule has 3 aromatic carbocycles. The second-order valence-electron chi connectivity index (χ2n) is 14.5. The van der Waals surface area contributed by atoms with Crippen LogP contribution < -0.4 is 5.43 Å². The fraction of sp³-hybridized carbons (Fsp3) is 0.400. The Morgan fingerprint density at radius 3 is 2.25 bits per heavy atom. The number of benzene rings is 3. The number of aryl methyl sites for hydroxylation is 2. The maximum absolute atomic E-state index is 15.2. The van der Waals surface area contributed by atoms with Crippen molar-refractivity contribution in [1.29, 1.82) is 0 Å². The molecule has 2 saturated carbocycles. The smallest absolute Gasteiger partial charge is 0.260 e. The number of phenolic OH excluding ortho intramolecular Hbond substituents is 1. The molecule has 0 radical (unpaired) electrons. The van der Waals surface area contributed by atoms with Crippen molar-refractivity contribution in [3.63, 3.8) is 0 Å². The summed E-state index contributed by atoms with van der Waals surface area (Å²) >= 11 is 0. The summed E-state index contributed by atoms with van der Waals surface area (Å²) < 4.78 is 0. The number of carbonyl (C=O) groups is 4. The Bertz CT molecular complexity index is 1850. The molecule has 0 aromatic heterocycles. The first-order chi connectivity index (χ1) is 23.2. The number of aromatic hydroxyl groups is 1. The summed E-state index contributed by atoms with van der Waals surface area (Å²) in [5.41, 5.74) is 6.64. The highest BCUT2D eigenvalue weighted by atomic mass is 16.3. The van der Waals surface area contributed by atoms with Crippen LogP contribution in [0, 0.1) is 37.5 Å². The largest absolute Gasteiger partial charge is 0.508 e. The minimum atomic E-state index is -1.32. The number of carbonyl (C=O) groups excluding carboxylic acids is 4. The molecule has 3 aromatic rings. The maximum atomic E-state index is 15.2. The number of anilines is 1. The monoisotopic (exact) mass is 643 g/mol. The van der Waals surface area contributed by atoms with Gasteiger partial charge in [0.1, 0.15) is 5.75 Å². The van der Waals surface area contributed by atoms with E-state index >= 15 is 4.79 Å². The molecule has 4 amide bonds. The first kappa shape index (κ1) is 30.6. The number of hydrogen-bond acceptors (Lipinski definition) is 6. The second kappa shape index (κ2) is 11.5. The molecule has 48 heavy (non-hydrogen) atoms. The zero-order chi connectivity index (χ0) is 33.3. The van der Waals surface area contributed by atoms with Crippen LogP contribution in [-0.4, -0.2) is 44.7 Å². The number of hydrazine groups is 1. The van der Waals surface area contributed by atoms with E-state index in [2.05, 4.69) is 11.5 Å². The van der Waals surface area contributed by atoms with E-state index < -0.39 is 29.1 Å². The van der Waals surface area contributed by atoms with Gasteiger partial charge in [0.15, 0.2) is 0 Å². The molecular formula is C40H41N3O5. The van der Waals surface area contributed by atoms with Crippen LogP contribution in [0.5, 0.6) is 5.75 Å². The number of phenols is 1. The van der Waals surface area contributed by atoms with Gasteiger partial charge in [0.2, 0.25) is 11.8 Å². The van der Waals surface area contributed by atoms with E-state index in [-0.39, 0.29) is 47.8 Å². The minimum absolute atomic E-state index is 0.0702. The van der Waals surface area contributed by atoms with Crippen LogP contribution in [0.25, 0.3) is 0 Å². The number of nitrogens with one attached hydrogen (secondary N) is 1. The van der Waals surface area contributed by atoms with Crippen LogP contribution in [0.15, 0.2) is 84.4 Å². The van der Waals surface area contributed by atoms with Gasteiger partial charge in [-0.25, -0.2) is 0 Å². The van der Waals surface area contributed by atoms with Gasteiger partial charge in [-0.3, -0.25) is 29.5 Å². The normalized spacial score (nSPS) is 30.2. The number of nitrogens with zero attached hydrogens (tertiary/aromatic N) is 2. The van der Waals surface area contributed by atoms with Crippen LogP contribution >= 0.6 is 0 Å². The molecule has 2 N–H and O–H groups in total. The molecule has 8 rings (SSSR count). The zero-order valence-electron chi connectivity index (χ0n) is 27.4. The number of amides is 4. The maximum Gasteiger partial charge on any atom is 0.260 e. The predicted octanol–water partition coefficient (Wildman–Crippen LogP) is 6.33. The van der Waals surface area contributed by atoms with Crippen molar-refractivity contribution >= 4 is 29.3 Å². The number of allylic oxidation sites excluding steroid dienone is 2. The lowest BCUT2D eigenvalue weighted by Crippen LogP contribution is -2.53. The lowest BCUT2D eigenvalue weighted by molar-refractivity contribution is -0.144. The van der Waals surface area contributed by atoms with Crippen molar-refractivity contribution in [3.8, 4) is 5.75 Å². The van der Waals surface area contributed by atoms with Crippen LogP contribution in [0.4, 0.5) is 5.69 Å². The Kier molecular flexibility index (Phi) is 7.31. The van der Waals surface area contributed by atoms with Crippen LogP contribution in [0.1, 0.15) is 73.1 Å². The molecule has 2 aliphatic heterocycles. The van der Waals surface area contributed by atoms with E-state index in [1.54, 1.807) is 11.0 Å². The number of rotatable bonds is 5. The molecule has 0 unspecified atom stereocenters. The highest BCUT2D eigenvalue weighted by Crippen LogP contribution is 2.64. The first-order valence-corrected chi connectivity index (χ1v) is 17.4. The fourth-order valence-electron chi connectivity index (χ4n) is 9.70. The summed E-state index contributed by atoms with van der Waals surface area (Å²) in [5, 5.41) is 11.7. The Hall–Kier alpha value is -4.72. The van der Waals surface area contributed by atoms with E-state index in [4.69, 9.17) is 0 Å². The van der Waals surface area contributed by atoms with Crippen molar-refractivity contribution < 1.29 is 24.3 Å². The predicted molar refractivity (Wildman–Crippen MR) is 180 cm³/mol. The summed E-state index contributed by atoms with van der Waals surface area (Å²) in [5.74, 6) is -3.56. The lowest BCUT2D eigenvalue weighted by atomic mass is 9.49. The molecule has 6 atom stereocenters. The summed E-state index contributed by atoms with van der Waals surface area (Å²) in [7, 11) is 0. The standard InChI is InChI=1S/C40H41N3O5/c1-23-13-16-27(17-14-23)41-43-37(46)32-22-31-29(18-19-30-34(31)38(47)42(36(30)45)28-11-7-4-8-12-28)35(25-15-20-33(44)24(2)21-25)40(32,39(43)48)26-9-5-3-6-10-26/h3,5-6,9-10,13-18,20-21,28,30-32,34-35,41,44H,4,7-8,11-12,19,22H2,1-2H3/t30-,31+,32-,34-,35-,40+/m0/s1. The van der Waals surface area contributed by atoms with Gasteiger partial charge in [0, 0.05) is 12.0 Å². The highest BCUT2D eigenvalue weighted by molar-refractivity contribution is 6.13. The molecule has 8 heteroatoms. The van der Waals surface area contributed by atoms with Crippen LogP contribution in [0.3, 0.4) is 0 Å². The minimum Gasteiger partial charge on any atom is -0.508 e. The van der Waals surface area contributed by atoms with Crippen molar-refractivity contribution in [3.05, 3.63) is 107 Å². The van der Waals surface area contributed by atoms with E-state index in [0.717, 1.165) is 54.4 Å². The molecule has 5 aliphatic rings. The average Bonchev–Trinajstić information content (AvgIpc) is 3.48. The fourth-order valence-corrected chi connectivity index (χ4v) is 9.70. The number of fused-ring (bicyclic) bond motifs is 4. The third-order valence-electron chi connectivity index (χ3n) is 11.9. The molecule has 0 bridgehead atoms. The van der Waals surface area contributed by atoms with E-state index in [1.165, 1.54) is 5.01 Å². The molecule has 0 spiro atoms. The third kappa shape index (κ3) is 4.41. The van der Waals surface area contributed by atoms with Gasteiger partial charge in [0.25, 0.3) is 11.8 Å². The van der Waals surface area contributed by atoms with Crippen molar-refractivity contribution in [2.45, 2.75) is 76.2 Å². The molecule has 2 heterocycles. The highest BCUT2D eigenvalue weighted by Gasteiger charge is 2.70. The molecule has 8 nitrogen and oxygen atoms in total. The Morgan fingerprint density at radius 2 is 1.54 bits per heavy atom. The van der Waals surface area contributed by atoms with Gasteiger partial charge in [0.05, 0.1) is 28.9 Å². The lowest BCUT2D eigenvalue weighted by Gasteiger charge is -2.50. The second-order valence-corrected chi connectivity index (χ2v) is 14.5. The summed E-state index contributed by atoms with van der Waals surface area (Å²) in [6, 6.07) is 22.4. The van der Waals surface area contributed by atoms with Crippen LogP contribution in [-0.2, 0) is 24.6 Å². The molecule has 4 fully saturated rings. The summed E-state index contributed by atoms with van der Waals surface area (Å²) in [6.07, 6.45) is 7.61. The van der Waals surface area contributed by atoms with E-state index in [0.29, 0.717) is 17.7 Å². The first-order valence-electron chi connectivity index (χ1n) is 17.4. The van der Waals surface area contributed by atoms with Gasteiger partial charge < -0.3 is 5.11 Å². The zero-order valence-corrected chi connectivity index (χ0v) is 27.4. The van der Waals surface area contributed by atoms with Gasteiger partial charge in [-0.05, 0) is 80.3 Å². The van der Waals surface area contributed by atoms with E-state index in [9.17, 15) is 19.5 Å². The van der Waals surface area contributed by atoms with Gasteiger partial charge >= 0.3 is 0 Å². The van der Waals surface area contributed by atoms with Gasteiger partial charge in [-0.15, -0.1) is 0 Å². The SMILES string of the molecule is Cc1ccc(NN2C(=O)[C@@H]3C[C@@H]4C(=CC[C@@H]5C(=O)N(C6CCCCC6)C(=O)[C@@H]54)[C@H](c4ccc(O)c(C)c4)[C@]3(c3ccccc3)C2=O)cc1. The third-order valence-corrected chi connectivity index (χ3v) is 11.9. The molecule has 2 saturated heterocycles. The Morgan fingerprint density at radius 1 is 0.812 bits per heavy atom. The summed E-state index contributed by atoms with van der Waals surface area (Å²) in [6.45, 7) is 3.80. The quantitative estimate of drug-likeness (QED) is 0.249. The number of likely N-dealkylation sites (tertiary alicyclic amines) is 1. The molecular weight excluding hydrogens is 602 g/mol. The Balaban J connectivity index is 1.30. The number of hydrogen-bond donors (Lipinski definition) is 2. The average molecular weight is 644 g/mol. The van der Waals surface area contributed by atoms with Crippen molar-refractivity contribution in [2.75, 3.05) is 5.43 Å². The van der Waals surface area contributed by atoms with Crippen molar-refractivity contribution in [1.82, 2.24) is 9.91 Å². The molecule has 246 valence electrons. The van der Waals surface area contributed by atoms with Gasteiger partial charge in [-0.2, -0.15) is 5.01 Å². The van der Waals surface area contributed by atoms with E-state index in [1.807, 2.05) is 80.6 Å². The number of imide groups is 2. The topological polar surface area (TPSA) is 107 Å². The summed E-state index contributed by atoms with van der Waals surface area (Å²) in [4.78, 5) is 59.9. The Labute approximate surface area is 280 Å². The molecule has 3 aliphatic carbocycles. The van der Waals surface area contributed by atoms with Crippen LogP contribution in [0.2, 0.25) is 0 Å². The van der Waals surface area contributed by atoms with Crippen molar-refractivity contribution in [2.24, 2.45) is 23.7 Å². The van der Waals surface area contributed by atoms with Gasteiger partial charge in [-0.1, -0.05) is 91.1 Å².